The summed E-state index contributed by atoms with van der Waals surface area (Å²) in [4.78, 5) is 12.1. The SMILES string of the molecule is CCNc1ncnc2c1nc(O)n2[C@@H]1O[C@H](CO)C(O)C1O. The number of aromatic hydroxyl groups is 1. The molecule has 1 saturated heterocycles. The van der Waals surface area contributed by atoms with Crippen molar-refractivity contribution in [2.24, 2.45) is 0 Å². The second-order valence-corrected chi connectivity index (χ2v) is 4.94. The fourth-order valence-corrected chi connectivity index (χ4v) is 2.52. The Bertz CT molecular complexity index is 677. The Morgan fingerprint density at radius 1 is 1.32 bits per heavy atom. The van der Waals surface area contributed by atoms with Crippen molar-refractivity contribution in [3.05, 3.63) is 6.33 Å². The summed E-state index contributed by atoms with van der Waals surface area (Å²) in [6.45, 7) is 2.03. The monoisotopic (exact) mass is 311 g/mol. The van der Waals surface area contributed by atoms with Gasteiger partial charge in [-0.3, -0.25) is 0 Å². The number of anilines is 1. The van der Waals surface area contributed by atoms with Crippen LogP contribution >= 0.6 is 0 Å². The van der Waals surface area contributed by atoms with Crippen molar-refractivity contribution in [3.63, 3.8) is 0 Å². The van der Waals surface area contributed by atoms with E-state index in [0.29, 0.717) is 17.9 Å². The highest BCUT2D eigenvalue weighted by Crippen LogP contribution is 2.35. The van der Waals surface area contributed by atoms with Gasteiger partial charge in [0, 0.05) is 6.54 Å². The van der Waals surface area contributed by atoms with E-state index in [-0.39, 0.29) is 5.65 Å². The maximum atomic E-state index is 10.1. The molecule has 10 nitrogen and oxygen atoms in total. The van der Waals surface area contributed by atoms with E-state index in [9.17, 15) is 15.3 Å². The zero-order chi connectivity index (χ0) is 15.9. The average Bonchev–Trinajstić information content (AvgIpc) is 2.98. The van der Waals surface area contributed by atoms with Crippen molar-refractivity contribution in [1.29, 1.82) is 0 Å². The molecule has 0 saturated carbocycles. The summed E-state index contributed by atoms with van der Waals surface area (Å²) in [7, 11) is 0. The van der Waals surface area contributed by atoms with E-state index in [0.717, 1.165) is 0 Å². The van der Waals surface area contributed by atoms with Crippen LogP contribution in [0.1, 0.15) is 13.2 Å². The molecule has 0 bridgehead atoms. The number of imidazole rings is 1. The minimum atomic E-state index is -1.34. The van der Waals surface area contributed by atoms with E-state index in [2.05, 4.69) is 20.3 Å². The Morgan fingerprint density at radius 3 is 2.73 bits per heavy atom. The van der Waals surface area contributed by atoms with Crippen molar-refractivity contribution >= 4 is 17.0 Å². The van der Waals surface area contributed by atoms with Crippen LogP contribution in [0, 0.1) is 0 Å². The van der Waals surface area contributed by atoms with Gasteiger partial charge in [0.05, 0.1) is 6.61 Å². The van der Waals surface area contributed by atoms with Crippen molar-refractivity contribution in [2.75, 3.05) is 18.5 Å². The van der Waals surface area contributed by atoms with E-state index >= 15 is 0 Å². The minimum Gasteiger partial charge on any atom is -0.480 e. The molecule has 0 amide bonds. The Balaban J connectivity index is 2.08. The fraction of sp³-hybridized carbons (Fsp3) is 0.583. The van der Waals surface area contributed by atoms with Gasteiger partial charge in [0.25, 0.3) is 6.01 Å². The molecule has 2 aromatic heterocycles. The van der Waals surface area contributed by atoms with E-state index in [4.69, 9.17) is 9.84 Å². The Morgan fingerprint density at radius 2 is 2.09 bits per heavy atom. The number of rotatable bonds is 4. The van der Waals surface area contributed by atoms with Crippen LogP contribution in [0.5, 0.6) is 6.01 Å². The van der Waals surface area contributed by atoms with Crippen molar-refractivity contribution in [2.45, 2.75) is 31.5 Å². The first-order valence-electron chi connectivity index (χ1n) is 6.86. The number of nitrogens with zero attached hydrogens (tertiary/aromatic N) is 4. The number of hydrogen-bond donors (Lipinski definition) is 5. The molecule has 0 aliphatic carbocycles. The summed E-state index contributed by atoms with van der Waals surface area (Å²) in [5, 5.41) is 42.1. The molecule has 4 atom stereocenters. The Labute approximate surface area is 125 Å². The van der Waals surface area contributed by atoms with Crippen molar-refractivity contribution in [1.82, 2.24) is 19.5 Å². The topological polar surface area (TPSA) is 146 Å². The predicted octanol–water partition coefficient (Wildman–Crippen LogP) is -1.42. The third-order valence-corrected chi connectivity index (χ3v) is 3.57. The lowest BCUT2D eigenvalue weighted by atomic mass is 10.1. The van der Waals surface area contributed by atoms with Gasteiger partial charge >= 0.3 is 0 Å². The van der Waals surface area contributed by atoms with Crippen LogP contribution in [0.4, 0.5) is 5.82 Å². The van der Waals surface area contributed by atoms with E-state index < -0.39 is 37.2 Å². The molecule has 0 aromatic carbocycles. The van der Waals surface area contributed by atoms with Crippen LogP contribution in [0.3, 0.4) is 0 Å². The number of aliphatic hydroxyl groups is 3. The third-order valence-electron chi connectivity index (χ3n) is 3.57. The number of nitrogens with one attached hydrogen (secondary N) is 1. The lowest BCUT2D eigenvalue weighted by molar-refractivity contribution is -0.0537. The summed E-state index contributed by atoms with van der Waals surface area (Å²) in [6.07, 6.45) is -3.38. The van der Waals surface area contributed by atoms with Crippen LogP contribution in [0.2, 0.25) is 0 Å². The standard InChI is InChI=1S/C12H17N5O5/c1-2-13-9-6-10(15-4-14-9)17(12(21)16-6)11-8(20)7(19)5(3-18)22-11/h4-5,7-8,11,18-20H,2-3H2,1H3,(H,16,21)(H,13,14,15)/t5-,7?,8?,11-/m1/s1. The van der Waals surface area contributed by atoms with Crippen molar-refractivity contribution < 1.29 is 25.2 Å². The molecule has 3 heterocycles. The van der Waals surface area contributed by atoms with Gasteiger partial charge in [-0.2, -0.15) is 4.98 Å². The first kappa shape index (κ1) is 14.9. The average molecular weight is 311 g/mol. The van der Waals surface area contributed by atoms with E-state index in [1.54, 1.807) is 0 Å². The molecule has 1 fully saturated rings. The molecule has 10 heteroatoms. The highest BCUT2D eigenvalue weighted by atomic mass is 16.6. The molecule has 120 valence electrons. The smallest absolute Gasteiger partial charge is 0.298 e. The fourth-order valence-electron chi connectivity index (χ4n) is 2.52. The van der Waals surface area contributed by atoms with E-state index in [1.807, 2.05) is 6.92 Å². The molecule has 1 aliphatic heterocycles. The highest BCUT2D eigenvalue weighted by molar-refractivity contribution is 5.83. The van der Waals surface area contributed by atoms with Gasteiger partial charge in [-0.1, -0.05) is 0 Å². The number of aromatic nitrogens is 4. The van der Waals surface area contributed by atoms with E-state index in [1.165, 1.54) is 10.9 Å². The van der Waals surface area contributed by atoms with Gasteiger partial charge in [-0.05, 0) is 6.92 Å². The molecule has 0 spiro atoms. The second-order valence-electron chi connectivity index (χ2n) is 4.94. The summed E-state index contributed by atoms with van der Waals surface area (Å²) in [5.41, 5.74) is 0.567. The Hall–Kier alpha value is -2.01. The quantitative estimate of drug-likeness (QED) is 0.459. The van der Waals surface area contributed by atoms with Gasteiger partial charge in [-0.25, -0.2) is 14.5 Å². The summed E-state index contributed by atoms with van der Waals surface area (Å²) in [6, 6.07) is -0.426. The molecule has 1 aliphatic rings. The number of ether oxygens (including phenoxy) is 1. The zero-order valence-corrected chi connectivity index (χ0v) is 11.8. The maximum Gasteiger partial charge on any atom is 0.298 e. The van der Waals surface area contributed by atoms with Crippen LogP contribution in [0.15, 0.2) is 6.33 Å². The highest BCUT2D eigenvalue weighted by Gasteiger charge is 2.45. The molecule has 3 rings (SSSR count). The first-order chi connectivity index (χ1) is 10.6. The minimum absolute atomic E-state index is 0.248. The number of hydrogen-bond acceptors (Lipinski definition) is 9. The molecule has 22 heavy (non-hydrogen) atoms. The van der Waals surface area contributed by atoms with Gasteiger partial charge in [0.1, 0.15) is 24.6 Å². The normalized spacial score (nSPS) is 28.4. The Kier molecular flexibility index (Phi) is 3.83. The van der Waals surface area contributed by atoms with Crippen LogP contribution in [-0.2, 0) is 4.74 Å². The molecular formula is C12H17N5O5. The summed E-state index contributed by atoms with van der Waals surface area (Å²) < 4.78 is 6.57. The second kappa shape index (κ2) is 5.65. The number of aliphatic hydroxyl groups excluding tert-OH is 3. The summed E-state index contributed by atoms with van der Waals surface area (Å²) in [5.74, 6) is 0.438. The van der Waals surface area contributed by atoms with Crippen LogP contribution < -0.4 is 5.32 Å². The summed E-state index contributed by atoms with van der Waals surface area (Å²) >= 11 is 0. The lowest BCUT2D eigenvalue weighted by Gasteiger charge is -2.17. The molecule has 0 radical (unpaired) electrons. The zero-order valence-electron chi connectivity index (χ0n) is 11.8. The predicted molar refractivity (Wildman–Crippen MR) is 74.2 cm³/mol. The molecule has 5 N–H and O–H groups in total. The van der Waals surface area contributed by atoms with Gasteiger partial charge in [-0.15, -0.1) is 0 Å². The van der Waals surface area contributed by atoms with Gasteiger partial charge in [0.2, 0.25) is 0 Å². The third kappa shape index (κ3) is 2.16. The lowest BCUT2D eigenvalue weighted by Crippen LogP contribution is -2.33. The van der Waals surface area contributed by atoms with Crippen LogP contribution in [0.25, 0.3) is 11.2 Å². The number of fused-ring (bicyclic) bond motifs is 1. The molecule has 2 aromatic rings. The maximum absolute atomic E-state index is 10.1. The molecular weight excluding hydrogens is 294 g/mol. The largest absolute Gasteiger partial charge is 0.480 e. The van der Waals surface area contributed by atoms with Crippen molar-refractivity contribution in [3.8, 4) is 6.01 Å². The molecule has 2 unspecified atom stereocenters. The van der Waals surface area contributed by atoms with Crippen LogP contribution in [-0.4, -0.2) is 71.4 Å². The van der Waals surface area contributed by atoms with Gasteiger partial charge in [0.15, 0.2) is 23.2 Å². The van der Waals surface area contributed by atoms with Gasteiger partial charge < -0.3 is 30.5 Å². The first-order valence-corrected chi connectivity index (χ1v) is 6.86.